The smallest absolute Gasteiger partial charge is 0.243 e. The summed E-state index contributed by atoms with van der Waals surface area (Å²) >= 11 is 6.00. The number of likely N-dealkylation sites (tertiary alicyclic amines) is 1. The monoisotopic (exact) mass is 514 g/mol. The van der Waals surface area contributed by atoms with Crippen molar-refractivity contribution >= 4 is 44.0 Å². The summed E-state index contributed by atoms with van der Waals surface area (Å²) in [7, 11) is -3.60. The Bertz CT molecular complexity index is 1410. The quantitative estimate of drug-likeness (QED) is 0.521. The van der Waals surface area contributed by atoms with Crippen molar-refractivity contribution in [1.82, 2.24) is 19.4 Å². The molecule has 0 bridgehead atoms. The van der Waals surface area contributed by atoms with Crippen molar-refractivity contribution in [2.75, 3.05) is 18.8 Å². The Kier molecular flexibility index (Phi) is 6.31. The highest BCUT2D eigenvalue weighted by Gasteiger charge is 2.33. The molecule has 0 saturated carbocycles. The minimum Gasteiger partial charge on any atom is -0.343 e. The van der Waals surface area contributed by atoms with E-state index in [-0.39, 0.29) is 34.9 Å². The van der Waals surface area contributed by atoms with Gasteiger partial charge in [-0.25, -0.2) is 13.4 Å². The van der Waals surface area contributed by atoms with Gasteiger partial charge in [-0.2, -0.15) is 0 Å². The number of amides is 2. The number of benzene rings is 2. The Hall–Kier alpha value is -2.91. The number of sulfone groups is 1. The molecule has 0 spiro atoms. The lowest BCUT2D eigenvalue weighted by molar-refractivity contribution is -0.139. The number of aryl methyl sites for hydroxylation is 1. The van der Waals surface area contributed by atoms with Crippen LogP contribution in [0.3, 0.4) is 0 Å². The molecular weight excluding hydrogens is 488 g/mol. The van der Waals surface area contributed by atoms with Crippen LogP contribution in [0.4, 0.5) is 0 Å². The number of fused-ring (bicyclic) bond motifs is 2. The number of carbonyl (C=O) groups excluding carboxylic acids is 2. The Balaban J connectivity index is 1.16. The summed E-state index contributed by atoms with van der Waals surface area (Å²) in [6, 6.07) is 10.3. The van der Waals surface area contributed by atoms with Crippen LogP contribution in [-0.4, -0.2) is 64.5 Å². The molecule has 8 nitrogen and oxygen atoms in total. The molecule has 1 saturated heterocycles. The van der Waals surface area contributed by atoms with Crippen LogP contribution < -0.4 is 0 Å². The molecule has 184 valence electrons. The summed E-state index contributed by atoms with van der Waals surface area (Å²) in [6.45, 7) is 3.77. The zero-order chi connectivity index (χ0) is 24.7. The first-order valence-electron chi connectivity index (χ1n) is 11.7. The molecule has 2 aromatic carbocycles. The summed E-state index contributed by atoms with van der Waals surface area (Å²) < 4.78 is 27.7. The van der Waals surface area contributed by atoms with Gasteiger partial charge in [-0.15, -0.1) is 0 Å². The summed E-state index contributed by atoms with van der Waals surface area (Å²) in [4.78, 5) is 33.6. The predicted octanol–water partition coefficient (Wildman–Crippen LogP) is 3.20. The van der Waals surface area contributed by atoms with Crippen molar-refractivity contribution < 1.29 is 18.0 Å². The maximum absolute atomic E-state index is 12.9. The molecule has 0 unspecified atom stereocenters. The van der Waals surface area contributed by atoms with E-state index in [9.17, 15) is 18.0 Å². The van der Waals surface area contributed by atoms with Crippen LogP contribution >= 0.6 is 11.6 Å². The number of nitrogens with zero attached hydrogens (tertiary/aromatic N) is 4. The highest BCUT2D eigenvalue weighted by molar-refractivity contribution is 7.91. The molecule has 2 aliphatic heterocycles. The Morgan fingerprint density at radius 2 is 1.80 bits per heavy atom. The van der Waals surface area contributed by atoms with Gasteiger partial charge < -0.3 is 14.4 Å². The minimum atomic E-state index is -3.60. The number of piperidine rings is 1. The van der Waals surface area contributed by atoms with E-state index >= 15 is 0 Å². The van der Waals surface area contributed by atoms with Gasteiger partial charge in [0.25, 0.3) is 0 Å². The maximum atomic E-state index is 12.9. The van der Waals surface area contributed by atoms with Gasteiger partial charge in [0.05, 0.1) is 29.1 Å². The van der Waals surface area contributed by atoms with Gasteiger partial charge in [0.2, 0.25) is 11.8 Å². The number of rotatable bonds is 5. The number of imidazole rings is 1. The molecule has 1 aromatic heterocycles. The fourth-order valence-electron chi connectivity index (χ4n) is 4.99. The van der Waals surface area contributed by atoms with Crippen LogP contribution in [0.2, 0.25) is 5.02 Å². The molecule has 0 atom stereocenters. The second-order valence-corrected chi connectivity index (χ2v) is 11.8. The molecular formula is C25H27ClN4O4S. The number of carbonyl (C=O) groups is 2. The normalized spacial score (nSPS) is 17.1. The SMILES string of the molecule is Cc1ncc2n1CC(=O)N(C1CCN(C(=O)CCS(=O)(=O)c3ccc4cc(Cl)ccc4c3)CC1)C2. The Morgan fingerprint density at radius 1 is 1.09 bits per heavy atom. The zero-order valence-corrected chi connectivity index (χ0v) is 21.1. The van der Waals surface area contributed by atoms with Gasteiger partial charge in [0.1, 0.15) is 12.4 Å². The third-order valence-electron chi connectivity index (χ3n) is 7.06. The van der Waals surface area contributed by atoms with E-state index in [1.54, 1.807) is 41.3 Å². The van der Waals surface area contributed by atoms with Crippen molar-refractivity contribution in [3.63, 3.8) is 0 Å². The molecule has 2 amide bonds. The van der Waals surface area contributed by atoms with Crippen LogP contribution in [0, 0.1) is 6.92 Å². The summed E-state index contributed by atoms with van der Waals surface area (Å²) in [5.74, 6) is 0.514. The second-order valence-electron chi connectivity index (χ2n) is 9.24. The molecule has 1 fully saturated rings. The fraction of sp³-hybridized carbons (Fsp3) is 0.400. The molecule has 35 heavy (non-hydrogen) atoms. The molecule has 0 N–H and O–H groups in total. The van der Waals surface area contributed by atoms with Crippen molar-refractivity contribution in [3.05, 3.63) is 59.1 Å². The van der Waals surface area contributed by atoms with Crippen molar-refractivity contribution in [2.45, 2.75) is 50.2 Å². The number of hydrogen-bond donors (Lipinski definition) is 0. The Morgan fingerprint density at radius 3 is 2.57 bits per heavy atom. The lowest BCUT2D eigenvalue weighted by atomic mass is 10.0. The molecule has 10 heteroatoms. The van der Waals surface area contributed by atoms with Crippen molar-refractivity contribution in [1.29, 1.82) is 0 Å². The molecule has 0 aliphatic carbocycles. The maximum Gasteiger partial charge on any atom is 0.243 e. The van der Waals surface area contributed by atoms with Gasteiger partial charge in [-0.05, 0) is 54.8 Å². The lowest BCUT2D eigenvalue weighted by Gasteiger charge is -2.40. The fourth-order valence-corrected chi connectivity index (χ4v) is 6.43. The third kappa shape index (κ3) is 4.79. The first-order chi connectivity index (χ1) is 16.7. The lowest BCUT2D eigenvalue weighted by Crippen LogP contribution is -2.51. The van der Waals surface area contributed by atoms with E-state index in [0.29, 0.717) is 44.0 Å². The van der Waals surface area contributed by atoms with E-state index in [1.165, 1.54) is 0 Å². The van der Waals surface area contributed by atoms with Gasteiger partial charge in [-0.1, -0.05) is 23.7 Å². The predicted molar refractivity (Wildman–Crippen MR) is 133 cm³/mol. The van der Waals surface area contributed by atoms with Crippen molar-refractivity contribution in [2.24, 2.45) is 0 Å². The molecule has 0 radical (unpaired) electrons. The molecule has 2 aliphatic rings. The number of halogens is 1. The molecule has 3 heterocycles. The van der Waals surface area contributed by atoms with E-state index in [2.05, 4.69) is 4.98 Å². The van der Waals surface area contributed by atoms with Crippen LogP contribution in [0.5, 0.6) is 0 Å². The third-order valence-corrected chi connectivity index (χ3v) is 9.01. The average Bonchev–Trinajstić information content (AvgIpc) is 3.21. The summed E-state index contributed by atoms with van der Waals surface area (Å²) in [5.41, 5.74) is 1.03. The minimum absolute atomic E-state index is 0.0627. The van der Waals surface area contributed by atoms with E-state index in [4.69, 9.17) is 11.6 Å². The Labute approximate surface area is 209 Å². The van der Waals surface area contributed by atoms with Gasteiger partial charge >= 0.3 is 0 Å². The van der Waals surface area contributed by atoms with E-state index < -0.39 is 9.84 Å². The van der Waals surface area contributed by atoms with Gasteiger partial charge in [0.15, 0.2) is 9.84 Å². The number of aromatic nitrogens is 2. The standard InChI is InChI=1S/C25H27ClN4O4S/c1-17-27-14-22-15-30(25(32)16-29(17)22)21-6-9-28(10-7-21)24(31)8-11-35(33,34)23-5-3-18-12-20(26)4-2-19(18)13-23/h2-5,12-14,21H,6-11,15-16H2,1H3. The molecule has 5 rings (SSSR count). The topological polar surface area (TPSA) is 92.6 Å². The number of hydrogen-bond acceptors (Lipinski definition) is 5. The van der Waals surface area contributed by atoms with Crippen LogP contribution in [0.1, 0.15) is 30.8 Å². The largest absolute Gasteiger partial charge is 0.343 e. The highest BCUT2D eigenvalue weighted by Crippen LogP contribution is 2.25. The van der Waals surface area contributed by atoms with Gasteiger partial charge in [0, 0.05) is 30.6 Å². The second kappa shape index (κ2) is 9.28. The van der Waals surface area contributed by atoms with Gasteiger partial charge in [-0.3, -0.25) is 9.59 Å². The first-order valence-corrected chi connectivity index (χ1v) is 13.7. The average molecular weight is 515 g/mol. The van der Waals surface area contributed by atoms with Crippen LogP contribution in [0.15, 0.2) is 47.5 Å². The van der Waals surface area contributed by atoms with Crippen LogP contribution in [-0.2, 0) is 32.5 Å². The van der Waals surface area contributed by atoms with Crippen molar-refractivity contribution in [3.8, 4) is 0 Å². The van der Waals surface area contributed by atoms with E-state index in [0.717, 1.165) is 22.3 Å². The summed E-state index contributed by atoms with van der Waals surface area (Å²) in [6.07, 6.45) is 3.13. The first kappa shape index (κ1) is 23.8. The highest BCUT2D eigenvalue weighted by atomic mass is 35.5. The van der Waals surface area contributed by atoms with E-state index in [1.807, 2.05) is 22.6 Å². The zero-order valence-electron chi connectivity index (χ0n) is 19.5. The summed E-state index contributed by atoms with van der Waals surface area (Å²) in [5, 5.41) is 2.24. The van der Waals surface area contributed by atoms with Crippen LogP contribution in [0.25, 0.3) is 10.8 Å². The molecule has 3 aromatic rings.